The minimum absolute atomic E-state index is 0.0631. The van der Waals surface area contributed by atoms with Crippen LogP contribution in [0.25, 0.3) is 0 Å². The van der Waals surface area contributed by atoms with Crippen LogP contribution in [0, 0.1) is 10.1 Å². The van der Waals surface area contributed by atoms with E-state index in [9.17, 15) is 14.9 Å². The smallest absolute Gasteiger partial charge is 0.274 e. The molecule has 0 saturated heterocycles. The number of hydrogen-bond acceptors (Lipinski definition) is 5. The Morgan fingerprint density at radius 2 is 2.32 bits per heavy atom. The SMILES string of the molecule is COC[C@H](C)NC(=O)CN1CCCc2c1cccc2[N+](=O)[O-]. The Hall–Kier alpha value is -2.15. The van der Waals surface area contributed by atoms with E-state index in [1.165, 1.54) is 6.07 Å². The van der Waals surface area contributed by atoms with Crippen LogP contribution in [0.2, 0.25) is 0 Å². The summed E-state index contributed by atoms with van der Waals surface area (Å²) < 4.78 is 4.99. The van der Waals surface area contributed by atoms with Gasteiger partial charge >= 0.3 is 0 Å². The molecule has 0 saturated carbocycles. The van der Waals surface area contributed by atoms with E-state index >= 15 is 0 Å². The molecule has 1 aromatic carbocycles. The highest BCUT2D eigenvalue weighted by Gasteiger charge is 2.25. The lowest BCUT2D eigenvalue weighted by Gasteiger charge is -2.30. The fourth-order valence-electron chi connectivity index (χ4n) is 2.80. The monoisotopic (exact) mass is 307 g/mol. The zero-order valence-corrected chi connectivity index (χ0v) is 12.9. The molecule has 0 radical (unpaired) electrons. The molecule has 0 aliphatic carbocycles. The van der Waals surface area contributed by atoms with Gasteiger partial charge in [-0.15, -0.1) is 0 Å². The number of benzene rings is 1. The highest BCUT2D eigenvalue weighted by atomic mass is 16.6. The molecule has 2 rings (SSSR count). The van der Waals surface area contributed by atoms with Crippen molar-refractivity contribution in [1.29, 1.82) is 0 Å². The van der Waals surface area contributed by atoms with Gasteiger partial charge in [-0.2, -0.15) is 0 Å². The quantitative estimate of drug-likeness (QED) is 0.636. The fraction of sp³-hybridized carbons (Fsp3) is 0.533. The number of anilines is 1. The average molecular weight is 307 g/mol. The third-order valence-electron chi connectivity index (χ3n) is 3.68. The van der Waals surface area contributed by atoms with Gasteiger partial charge in [-0.05, 0) is 25.8 Å². The van der Waals surface area contributed by atoms with Crippen molar-refractivity contribution < 1.29 is 14.5 Å². The molecular formula is C15H21N3O4. The van der Waals surface area contributed by atoms with Crippen LogP contribution in [-0.4, -0.2) is 43.7 Å². The highest BCUT2D eigenvalue weighted by Crippen LogP contribution is 2.33. The molecular weight excluding hydrogens is 286 g/mol. The highest BCUT2D eigenvalue weighted by molar-refractivity contribution is 5.82. The molecule has 7 nitrogen and oxygen atoms in total. The van der Waals surface area contributed by atoms with Crippen molar-refractivity contribution in [2.45, 2.75) is 25.8 Å². The van der Waals surface area contributed by atoms with Crippen LogP contribution in [0.5, 0.6) is 0 Å². The number of carbonyl (C=O) groups is 1. The first-order valence-electron chi connectivity index (χ1n) is 7.32. The van der Waals surface area contributed by atoms with E-state index in [0.717, 1.165) is 24.2 Å². The first kappa shape index (κ1) is 16.2. The summed E-state index contributed by atoms with van der Waals surface area (Å²) in [4.78, 5) is 24.7. The minimum atomic E-state index is -0.358. The molecule has 120 valence electrons. The number of methoxy groups -OCH3 is 1. The number of nitro benzene ring substituents is 1. The zero-order valence-electron chi connectivity index (χ0n) is 12.9. The molecule has 0 bridgehead atoms. The van der Waals surface area contributed by atoms with Crippen molar-refractivity contribution in [1.82, 2.24) is 5.32 Å². The lowest BCUT2D eigenvalue weighted by molar-refractivity contribution is -0.385. The maximum absolute atomic E-state index is 12.1. The van der Waals surface area contributed by atoms with Crippen molar-refractivity contribution in [2.24, 2.45) is 0 Å². The van der Waals surface area contributed by atoms with Gasteiger partial charge in [0.25, 0.3) is 5.69 Å². The topological polar surface area (TPSA) is 84.7 Å². The first-order valence-corrected chi connectivity index (χ1v) is 7.32. The van der Waals surface area contributed by atoms with Crippen LogP contribution in [-0.2, 0) is 16.0 Å². The van der Waals surface area contributed by atoms with Crippen LogP contribution in [0.1, 0.15) is 18.9 Å². The molecule has 1 aliphatic heterocycles. The molecule has 0 fully saturated rings. The lowest BCUT2D eigenvalue weighted by Crippen LogP contribution is -2.44. The number of nitrogens with one attached hydrogen (secondary N) is 1. The number of hydrogen-bond donors (Lipinski definition) is 1. The summed E-state index contributed by atoms with van der Waals surface area (Å²) in [6.45, 7) is 3.24. The molecule has 1 amide bonds. The molecule has 0 spiro atoms. The standard InChI is InChI=1S/C15H21N3O4/c1-11(10-22-2)16-15(19)9-17-8-4-5-12-13(17)6-3-7-14(12)18(20)21/h3,6-7,11H,4-5,8-10H2,1-2H3,(H,16,19)/t11-/m0/s1. The summed E-state index contributed by atoms with van der Waals surface area (Å²) >= 11 is 0. The van der Waals surface area contributed by atoms with Gasteiger partial charge in [0.1, 0.15) is 0 Å². The van der Waals surface area contributed by atoms with Gasteiger partial charge in [0.05, 0.1) is 23.6 Å². The van der Waals surface area contributed by atoms with Crippen LogP contribution in [0.15, 0.2) is 18.2 Å². The van der Waals surface area contributed by atoms with Gasteiger partial charge in [0.15, 0.2) is 0 Å². The first-order chi connectivity index (χ1) is 10.5. The third-order valence-corrected chi connectivity index (χ3v) is 3.68. The van der Waals surface area contributed by atoms with E-state index in [0.29, 0.717) is 13.0 Å². The molecule has 22 heavy (non-hydrogen) atoms. The number of amides is 1. The van der Waals surface area contributed by atoms with Gasteiger partial charge < -0.3 is 15.0 Å². The molecule has 1 aliphatic rings. The van der Waals surface area contributed by atoms with Gasteiger partial charge in [0, 0.05) is 31.5 Å². The Labute approximate surface area is 129 Å². The minimum Gasteiger partial charge on any atom is -0.383 e. The fourth-order valence-corrected chi connectivity index (χ4v) is 2.80. The summed E-state index contributed by atoms with van der Waals surface area (Å²) in [5.74, 6) is -0.107. The second-order valence-electron chi connectivity index (χ2n) is 5.48. The van der Waals surface area contributed by atoms with Gasteiger partial charge in [-0.3, -0.25) is 14.9 Å². The molecule has 0 unspecified atom stereocenters. The Morgan fingerprint density at radius 1 is 1.55 bits per heavy atom. The van der Waals surface area contributed by atoms with E-state index in [4.69, 9.17) is 4.74 Å². The number of nitro groups is 1. The van der Waals surface area contributed by atoms with E-state index in [-0.39, 0.29) is 29.1 Å². The van der Waals surface area contributed by atoms with Gasteiger partial charge in [-0.1, -0.05) is 6.07 Å². The van der Waals surface area contributed by atoms with Crippen molar-refractivity contribution in [3.63, 3.8) is 0 Å². The van der Waals surface area contributed by atoms with Gasteiger partial charge in [0.2, 0.25) is 5.91 Å². The molecule has 1 aromatic rings. The Bertz CT molecular complexity index is 562. The van der Waals surface area contributed by atoms with Gasteiger partial charge in [-0.25, -0.2) is 0 Å². The number of ether oxygens (including phenoxy) is 1. The summed E-state index contributed by atoms with van der Waals surface area (Å²) in [6, 6.07) is 4.96. The number of fused-ring (bicyclic) bond motifs is 1. The van der Waals surface area contributed by atoms with Crippen molar-refractivity contribution in [2.75, 3.05) is 31.7 Å². The summed E-state index contributed by atoms with van der Waals surface area (Å²) in [6.07, 6.45) is 1.48. The van der Waals surface area contributed by atoms with Crippen LogP contribution < -0.4 is 10.2 Å². The summed E-state index contributed by atoms with van der Waals surface area (Å²) in [7, 11) is 1.59. The Kier molecular flexibility index (Phi) is 5.32. The van der Waals surface area contributed by atoms with Crippen LogP contribution in [0.3, 0.4) is 0 Å². The molecule has 7 heteroatoms. The third kappa shape index (κ3) is 3.73. The van der Waals surface area contributed by atoms with Crippen LogP contribution in [0.4, 0.5) is 11.4 Å². The summed E-state index contributed by atoms with van der Waals surface area (Å²) in [5.41, 5.74) is 1.64. The number of nitrogens with zero attached hydrogens (tertiary/aromatic N) is 2. The molecule has 1 N–H and O–H groups in total. The molecule has 1 heterocycles. The normalized spacial score (nSPS) is 15.1. The van der Waals surface area contributed by atoms with Crippen molar-refractivity contribution in [3.05, 3.63) is 33.9 Å². The molecule has 0 aromatic heterocycles. The maximum Gasteiger partial charge on any atom is 0.274 e. The van der Waals surface area contributed by atoms with Crippen molar-refractivity contribution in [3.8, 4) is 0 Å². The molecule has 1 atom stereocenters. The Balaban J connectivity index is 2.11. The Morgan fingerprint density at radius 3 is 3.00 bits per heavy atom. The number of carbonyl (C=O) groups excluding carboxylic acids is 1. The maximum atomic E-state index is 12.1. The van der Waals surface area contributed by atoms with Crippen LogP contribution >= 0.6 is 0 Å². The largest absolute Gasteiger partial charge is 0.383 e. The summed E-state index contributed by atoms with van der Waals surface area (Å²) in [5, 5.41) is 14.0. The predicted octanol–water partition coefficient (Wildman–Crippen LogP) is 1.50. The van der Waals surface area contributed by atoms with E-state index in [1.54, 1.807) is 13.2 Å². The van der Waals surface area contributed by atoms with E-state index in [1.807, 2.05) is 17.9 Å². The second kappa shape index (κ2) is 7.22. The van der Waals surface area contributed by atoms with E-state index < -0.39 is 0 Å². The number of rotatable bonds is 6. The second-order valence-corrected chi connectivity index (χ2v) is 5.48. The van der Waals surface area contributed by atoms with Crippen molar-refractivity contribution >= 4 is 17.3 Å². The average Bonchev–Trinajstić information content (AvgIpc) is 2.46. The zero-order chi connectivity index (χ0) is 16.1. The lowest BCUT2D eigenvalue weighted by atomic mass is 10.00. The van der Waals surface area contributed by atoms with E-state index in [2.05, 4.69) is 5.32 Å². The predicted molar refractivity (Wildman–Crippen MR) is 83.1 cm³/mol.